The predicted octanol–water partition coefficient (Wildman–Crippen LogP) is 4.00. The normalized spacial score (nSPS) is 48.6. The van der Waals surface area contributed by atoms with Crippen LogP contribution < -0.4 is 0 Å². The molecule has 0 unspecified atom stereocenters. The predicted molar refractivity (Wildman–Crippen MR) is 85.8 cm³/mol. The molecule has 0 saturated heterocycles. The molecule has 2 nitrogen and oxygen atoms in total. The van der Waals surface area contributed by atoms with Gasteiger partial charge in [-0.15, -0.1) is 0 Å². The highest BCUT2D eigenvalue weighted by atomic mass is 16.3. The molecule has 0 aliphatic heterocycles. The number of rotatable bonds is 0. The maximum atomic E-state index is 10.9. The molecule has 1 spiro atoms. The monoisotopic (exact) mass is 298 g/mol. The van der Waals surface area contributed by atoms with Crippen molar-refractivity contribution in [1.29, 1.82) is 0 Å². The molecule has 1 aromatic rings. The van der Waals surface area contributed by atoms with E-state index in [-0.39, 0.29) is 11.5 Å². The van der Waals surface area contributed by atoms with Gasteiger partial charge < -0.3 is 10.2 Å². The first-order chi connectivity index (χ1) is 10.6. The van der Waals surface area contributed by atoms with E-state index in [2.05, 4.69) is 13.0 Å². The van der Waals surface area contributed by atoms with E-state index in [9.17, 15) is 10.2 Å². The van der Waals surface area contributed by atoms with Crippen LogP contribution >= 0.6 is 0 Å². The van der Waals surface area contributed by atoms with Gasteiger partial charge in [0.25, 0.3) is 0 Å². The Hall–Kier alpha value is -1.02. The maximum Gasteiger partial charge on any atom is 0.115 e. The first-order valence-electron chi connectivity index (χ1n) is 9.05. The van der Waals surface area contributed by atoms with E-state index < -0.39 is 0 Å². The van der Waals surface area contributed by atoms with Crippen molar-refractivity contribution in [3.8, 4) is 5.75 Å². The fourth-order valence-corrected chi connectivity index (χ4v) is 7.25. The lowest BCUT2D eigenvalue weighted by Gasteiger charge is -2.59. The summed E-state index contributed by atoms with van der Waals surface area (Å²) in [5.74, 6) is 2.37. The first kappa shape index (κ1) is 13.4. The third-order valence-electron chi connectivity index (χ3n) is 8.25. The smallest absolute Gasteiger partial charge is 0.115 e. The molecule has 0 heterocycles. The third kappa shape index (κ3) is 1.37. The molecular formula is C20H26O2. The fraction of sp³-hybridized carbons (Fsp3) is 0.700. The minimum absolute atomic E-state index is 0.0663. The number of aromatic hydroxyl groups is 1. The van der Waals surface area contributed by atoms with Crippen LogP contribution in [0.1, 0.15) is 62.5 Å². The van der Waals surface area contributed by atoms with Crippen LogP contribution in [0.2, 0.25) is 0 Å². The maximum absolute atomic E-state index is 10.9. The van der Waals surface area contributed by atoms with Crippen LogP contribution in [0, 0.1) is 22.7 Å². The Kier molecular flexibility index (Phi) is 2.49. The summed E-state index contributed by atoms with van der Waals surface area (Å²) in [7, 11) is 0. The molecule has 6 atom stereocenters. The van der Waals surface area contributed by atoms with Crippen LogP contribution in [0.4, 0.5) is 0 Å². The van der Waals surface area contributed by atoms with Gasteiger partial charge in [0.05, 0.1) is 6.10 Å². The number of aliphatic hydroxyl groups excluding tert-OH is 1. The number of phenolic OH excluding ortho intramolecular Hbond substituents is 1. The van der Waals surface area contributed by atoms with Crippen molar-refractivity contribution in [2.24, 2.45) is 22.7 Å². The van der Waals surface area contributed by atoms with Gasteiger partial charge in [0.15, 0.2) is 0 Å². The van der Waals surface area contributed by atoms with Crippen LogP contribution in [0.15, 0.2) is 18.2 Å². The van der Waals surface area contributed by atoms with Gasteiger partial charge in [-0.05, 0) is 96.8 Å². The Labute approximate surface area is 132 Å². The minimum Gasteiger partial charge on any atom is -0.508 e. The summed E-state index contributed by atoms with van der Waals surface area (Å²) in [6.45, 7) is 2.39. The summed E-state index contributed by atoms with van der Waals surface area (Å²) in [5.41, 5.74) is 3.41. The Balaban J connectivity index is 1.61. The molecule has 0 radical (unpaired) electrons. The third-order valence-corrected chi connectivity index (χ3v) is 8.25. The highest BCUT2D eigenvalue weighted by Crippen LogP contribution is 2.74. The summed E-state index contributed by atoms with van der Waals surface area (Å²) in [6, 6.07) is 6.03. The molecule has 3 fully saturated rings. The second-order valence-corrected chi connectivity index (χ2v) is 8.69. The largest absolute Gasteiger partial charge is 0.508 e. The summed E-state index contributed by atoms with van der Waals surface area (Å²) >= 11 is 0. The van der Waals surface area contributed by atoms with Crippen LogP contribution in [0.3, 0.4) is 0 Å². The van der Waals surface area contributed by atoms with Crippen LogP contribution in [0.5, 0.6) is 5.75 Å². The minimum atomic E-state index is -0.0663. The standard InChI is InChI=1S/C20H26O2/c1-19-8-7-16-15-4-3-14(21)10-12(15)2-5-17(16)20(19)9-6-13(11-20)18(19)22/h3-4,10,13,16-18,21-22H,2,5-9,11H2,1H3/t13-,16-,17-,18+,19-,20+/m1/s1. The van der Waals surface area contributed by atoms with E-state index in [1.807, 2.05) is 12.1 Å². The van der Waals surface area contributed by atoms with Crippen molar-refractivity contribution < 1.29 is 10.2 Å². The number of hydrogen-bond donors (Lipinski definition) is 2. The van der Waals surface area contributed by atoms with E-state index in [4.69, 9.17) is 0 Å². The molecule has 22 heavy (non-hydrogen) atoms. The number of benzene rings is 1. The molecule has 2 bridgehead atoms. The SMILES string of the molecule is C[C@]12CC[C@@H]3c4ccc(O)cc4CC[C@H]3[C@@]13CC[C@H](C3)[C@@H]2O. The quantitative estimate of drug-likeness (QED) is 0.760. The molecule has 4 aliphatic carbocycles. The van der Waals surface area contributed by atoms with Gasteiger partial charge in [-0.3, -0.25) is 0 Å². The lowest BCUT2D eigenvalue weighted by atomic mass is 9.46. The first-order valence-corrected chi connectivity index (χ1v) is 9.05. The van der Waals surface area contributed by atoms with E-state index in [1.165, 1.54) is 49.7 Å². The van der Waals surface area contributed by atoms with Crippen molar-refractivity contribution in [2.75, 3.05) is 0 Å². The highest BCUT2D eigenvalue weighted by molar-refractivity contribution is 5.41. The van der Waals surface area contributed by atoms with Crippen molar-refractivity contribution >= 4 is 0 Å². The van der Waals surface area contributed by atoms with E-state index in [0.717, 1.165) is 12.3 Å². The second kappa shape index (κ2) is 4.08. The summed E-state index contributed by atoms with van der Waals surface area (Å²) < 4.78 is 0. The summed E-state index contributed by atoms with van der Waals surface area (Å²) in [4.78, 5) is 0. The summed E-state index contributed by atoms with van der Waals surface area (Å²) in [5, 5.41) is 20.6. The average Bonchev–Trinajstić information content (AvgIpc) is 3.04. The van der Waals surface area contributed by atoms with Gasteiger partial charge in [-0.25, -0.2) is 0 Å². The van der Waals surface area contributed by atoms with Gasteiger partial charge >= 0.3 is 0 Å². The van der Waals surface area contributed by atoms with Crippen LogP contribution in [-0.2, 0) is 6.42 Å². The molecular weight excluding hydrogens is 272 g/mol. The molecule has 118 valence electrons. The van der Waals surface area contributed by atoms with Crippen molar-refractivity contribution in [1.82, 2.24) is 0 Å². The van der Waals surface area contributed by atoms with Crippen molar-refractivity contribution in [3.63, 3.8) is 0 Å². The van der Waals surface area contributed by atoms with E-state index in [0.29, 0.717) is 23.0 Å². The zero-order chi connectivity index (χ0) is 15.1. The number of hydrogen-bond acceptors (Lipinski definition) is 2. The Bertz CT molecular complexity index is 639. The van der Waals surface area contributed by atoms with Gasteiger partial charge in [0.2, 0.25) is 0 Å². The fourth-order valence-electron chi connectivity index (χ4n) is 7.25. The number of phenols is 1. The van der Waals surface area contributed by atoms with Gasteiger partial charge in [-0.1, -0.05) is 13.0 Å². The Morgan fingerprint density at radius 2 is 2.00 bits per heavy atom. The molecule has 1 aromatic carbocycles. The lowest BCUT2D eigenvalue weighted by molar-refractivity contribution is -0.116. The Morgan fingerprint density at radius 3 is 2.86 bits per heavy atom. The van der Waals surface area contributed by atoms with Crippen molar-refractivity contribution in [2.45, 2.75) is 63.9 Å². The van der Waals surface area contributed by atoms with Crippen LogP contribution in [-0.4, -0.2) is 16.3 Å². The number of fused-ring (bicyclic) bond motifs is 4. The topological polar surface area (TPSA) is 40.5 Å². The molecule has 0 aromatic heterocycles. The zero-order valence-electron chi connectivity index (χ0n) is 13.4. The van der Waals surface area contributed by atoms with E-state index >= 15 is 0 Å². The van der Waals surface area contributed by atoms with E-state index in [1.54, 1.807) is 0 Å². The lowest BCUT2D eigenvalue weighted by Crippen LogP contribution is -2.53. The summed E-state index contributed by atoms with van der Waals surface area (Å²) in [6.07, 6.45) is 8.50. The van der Waals surface area contributed by atoms with Crippen molar-refractivity contribution in [3.05, 3.63) is 29.3 Å². The Morgan fingerprint density at radius 1 is 1.14 bits per heavy atom. The zero-order valence-corrected chi connectivity index (χ0v) is 13.4. The number of aryl methyl sites for hydroxylation is 1. The number of aliphatic hydroxyl groups is 1. The average molecular weight is 298 g/mol. The molecule has 4 aliphatic rings. The van der Waals surface area contributed by atoms with Gasteiger partial charge in [0.1, 0.15) is 5.75 Å². The van der Waals surface area contributed by atoms with Crippen LogP contribution in [0.25, 0.3) is 0 Å². The van der Waals surface area contributed by atoms with Gasteiger partial charge in [-0.2, -0.15) is 0 Å². The molecule has 3 saturated carbocycles. The molecule has 0 amide bonds. The highest BCUT2D eigenvalue weighted by Gasteiger charge is 2.69. The molecule has 2 heteroatoms. The molecule has 2 N–H and O–H groups in total. The van der Waals surface area contributed by atoms with Gasteiger partial charge in [0, 0.05) is 0 Å². The molecule has 5 rings (SSSR count). The second-order valence-electron chi connectivity index (χ2n) is 8.69.